The van der Waals surface area contributed by atoms with Gasteiger partial charge in [-0.2, -0.15) is 5.10 Å². The number of rotatable bonds is 6. The van der Waals surface area contributed by atoms with Gasteiger partial charge in [-0.3, -0.25) is 9.89 Å². The van der Waals surface area contributed by atoms with Crippen molar-refractivity contribution in [2.24, 2.45) is 0 Å². The van der Waals surface area contributed by atoms with Crippen LogP contribution in [0.15, 0.2) is 17.8 Å². The third-order valence-corrected chi connectivity index (χ3v) is 2.99. The van der Waals surface area contributed by atoms with E-state index in [4.69, 9.17) is 5.11 Å². The molecule has 0 bridgehead atoms. The Morgan fingerprint density at radius 2 is 2.47 bits per heavy atom. The number of aromatic amines is 1. The van der Waals surface area contributed by atoms with Crippen molar-refractivity contribution in [3.8, 4) is 0 Å². The number of thiazole rings is 1. The maximum Gasteiger partial charge on any atom is 0.303 e. The second kappa shape index (κ2) is 5.44. The van der Waals surface area contributed by atoms with Crippen LogP contribution in [0.4, 0.5) is 5.13 Å². The minimum Gasteiger partial charge on any atom is -0.481 e. The Morgan fingerprint density at radius 3 is 3.18 bits per heavy atom. The zero-order valence-corrected chi connectivity index (χ0v) is 9.83. The van der Waals surface area contributed by atoms with Crippen LogP contribution in [0.3, 0.4) is 0 Å². The van der Waals surface area contributed by atoms with E-state index in [0.717, 1.165) is 16.4 Å². The Labute approximate surface area is 102 Å². The summed E-state index contributed by atoms with van der Waals surface area (Å²) < 4.78 is 0. The van der Waals surface area contributed by atoms with E-state index >= 15 is 0 Å². The van der Waals surface area contributed by atoms with Crippen molar-refractivity contribution < 1.29 is 9.90 Å². The first-order chi connectivity index (χ1) is 8.24. The first kappa shape index (κ1) is 11.6. The standard InChI is InChI=1S/C10H12N4O2S/c15-9(16)2-1-8-6-17-10(14-8)11-3-7-4-12-13-5-7/h4-6H,1-3H2,(H,11,14)(H,12,13)(H,15,16). The van der Waals surface area contributed by atoms with E-state index in [1.165, 1.54) is 11.3 Å². The largest absolute Gasteiger partial charge is 0.481 e. The third-order valence-electron chi connectivity index (χ3n) is 2.15. The van der Waals surface area contributed by atoms with E-state index in [9.17, 15) is 4.79 Å². The fourth-order valence-electron chi connectivity index (χ4n) is 1.29. The summed E-state index contributed by atoms with van der Waals surface area (Å²) >= 11 is 1.48. The van der Waals surface area contributed by atoms with Gasteiger partial charge in [-0.15, -0.1) is 11.3 Å². The Bertz CT molecular complexity index is 480. The minimum absolute atomic E-state index is 0.116. The third kappa shape index (κ3) is 3.56. The van der Waals surface area contributed by atoms with Gasteiger partial charge in [-0.1, -0.05) is 0 Å². The van der Waals surface area contributed by atoms with Gasteiger partial charge < -0.3 is 10.4 Å². The summed E-state index contributed by atoms with van der Waals surface area (Å²) in [7, 11) is 0. The van der Waals surface area contributed by atoms with Crippen molar-refractivity contribution in [2.45, 2.75) is 19.4 Å². The highest BCUT2D eigenvalue weighted by atomic mass is 32.1. The van der Waals surface area contributed by atoms with Crippen molar-refractivity contribution in [3.05, 3.63) is 29.0 Å². The highest BCUT2D eigenvalue weighted by Gasteiger charge is 2.04. The number of nitrogens with zero attached hydrogens (tertiary/aromatic N) is 2. The van der Waals surface area contributed by atoms with Gasteiger partial charge in [0.05, 0.1) is 18.3 Å². The molecule has 0 unspecified atom stereocenters. The number of carboxylic acids is 1. The van der Waals surface area contributed by atoms with Gasteiger partial charge in [-0.25, -0.2) is 4.98 Å². The molecule has 2 aromatic rings. The highest BCUT2D eigenvalue weighted by molar-refractivity contribution is 7.13. The molecule has 17 heavy (non-hydrogen) atoms. The molecule has 0 aliphatic heterocycles. The molecule has 0 aliphatic rings. The SMILES string of the molecule is O=C(O)CCc1csc(NCc2cn[nH]c2)n1. The molecule has 2 heterocycles. The molecule has 0 amide bonds. The monoisotopic (exact) mass is 252 g/mol. The summed E-state index contributed by atoms with van der Waals surface area (Å²) in [5.74, 6) is -0.800. The van der Waals surface area contributed by atoms with E-state index in [1.54, 1.807) is 6.20 Å². The Hall–Kier alpha value is -1.89. The second-order valence-electron chi connectivity index (χ2n) is 3.50. The second-order valence-corrected chi connectivity index (χ2v) is 4.36. The summed E-state index contributed by atoms with van der Waals surface area (Å²) in [6, 6.07) is 0. The van der Waals surface area contributed by atoms with Crippen molar-refractivity contribution in [1.82, 2.24) is 15.2 Å². The lowest BCUT2D eigenvalue weighted by atomic mass is 10.2. The molecular weight excluding hydrogens is 240 g/mol. The fraction of sp³-hybridized carbons (Fsp3) is 0.300. The number of anilines is 1. The molecule has 0 aromatic carbocycles. The Kier molecular flexibility index (Phi) is 3.71. The Balaban J connectivity index is 1.83. The summed E-state index contributed by atoms with van der Waals surface area (Å²) in [5.41, 5.74) is 1.86. The lowest BCUT2D eigenvalue weighted by Gasteiger charge is -1.98. The van der Waals surface area contributed by atoms with Crippen LogP contribution in [-0.4, -0.2) is 26.3 Å². The van der Waals surface area contributed by atoms with Gasteiger partial charge in [0.2, 0.25) is 0 Å². The number of H-pyrrole nitrogens is 1. The molecule has 0 atom stereocenters. The lowest BCUT2D eigenvalue weighted by Crippen LogP contribution is -1.99. The molecule has 90 valence electrons. The summed E-state index contributed by atoms with van der Waals surface area (Å²) in [5, 5.41) is 21.0. The quantitative estimate of drug-likeness (QED) is 0.724. The zero-order chi connectivity index (χ0) is 12.1. The van der Waals surface area contributed by atoms with Crippen LogP contribution in [0.2, 0.25) is 0 Å². The molecule has 7 heteroatoms. The zero-order valence-electron chi connectivity index (χ0n) is 9.01. The normalized spacial score (nSPS) is 10.4. The maximum absolute atomic E-state index is 10.4. The van der Waals surface area contributed by atoms with Crippen LogP contribution in [0, 0.1) is 0 Å². The summed E-state index contributed by atoms with van der Waals surface area (Å²) in [4.78, 5) is 14.7. The number of carbonyl (C=O) groups is 1. The van der Waals surface area contributed by atoms with Crippen LogP contribution in [0.25, 0.3) is 0 Å². The average Bonchev–Trinajstić information content (AvgIpc) is 2.95. The number of aromatic nitrogens is 3. The number of nitrogens with one attached hydrogen (secondary N) is 2. The minimum atomic E-state index is -0.800. The lowest BCUT2D eigenvalue weighted by molar-refractivity contribution is -0.136. The number of carboxylic acid groups (broad SMARTS) is 1. The number of aliphatic carboxylic acids is 1. The molecule has 0 saturated heterocycles. The first-order valence-electron chi connectivity index (χ1n) is 5.12. The van der Waals surface area contributed by atoms with E-state index in [2.05, 4.69) is 20.5 Å². The predicted octanol–water partition coefficient (Wildman–Crippen LogP) is 1.50. The average molecular weight is 252 g/mol. The van der Waals surface area contributed by atoms with E-state index < -0.39 is 5.97 Å². The number of aryl methyl sites for hydroxylation is 1. The molecular formula is C10H12N4O2S. The molecule has 0 fully saturated rings. The van der Waals surface area contributed by atoms with E-state index in [-0.39, 0.29) is 6.42 Å². The van der Waals surface area contributed by atoms with Crippen LogP contribution in [-0.2, 0) is 17.8 Å². The molecule has 0 spiro atoms. The van der Waals surface area contributed by atoms with Gasteiger partial charge in [-0.05, 0) is 0 Å². The van der Waals surface area contributed by atoms with Crippen LogP contribution >= 0.6 is 11.3 Å². The predicted molar refractivity (Wildman–Crippen MR) is 64.0 cm³/mol. The van der Waals surface area contributed by atoms with Crippen LogP contribution in [0.1, 0.15) is 17.7 Å². The molecule has 2 rings (SSSR count). The molecule has 0 aliphatic carbocycles. The van der Waals surface area contributed by atoms with Gasteiger partial charge in [0, 0.05) is 30.1 Å². The highest BCUT2D eigenvalue weighted by Crippen LogP contribution is 2.17. The first-order valence-corrected chi connectivity index (χ1v) is 6.00. The summed E-state index contributed by atoms with van der Waals surface area (Å²) in [6.07, 6.45) is 4.14. The van der Waals surface area contributed by atoms with Gasteiger partial charge in [0.25, 0.3) is 0 Å². The van der Waals surface area contributed by atoms with Gasteiger partial charge in [0.1, 0.15) is 0 Å². The van der Waals surface area contributed by atoms with Crippen LogP contribution in [0.5, 0.6) is 0 Å². The summed E-state index contributed by atoms with van der Waals surface area (Å²) in [6.45, 7) is 0.655. The molecule has 3 N–H and O–H groups in total. The van der Waals surface area contributed by atoms with E-state index in [0.29, 0.717) is 13.0 Å². The van der Waals surface area contributed by atoms with Crippen molar-refractivity contribution >= 4 is 22.4 Å². The number of hydrogen-bond acceptors (Lipinski definition) is 5. The molecule has 6 nitrogen and oxygen atoms in total. The molecule has 0 saturated carbocycles. The van der Waals surface area contributed by atoms with Crippen molar-refractivity contribution in [2.75, 3.05) is 5.32 Å². The number of hydrogen-bond donors (Lipinski definition) is 3. The smallest absolute Gasteiger partial charge is 0.303 e. The van der Waals surface area contributed by atoms with Gasteiger partial charge >= 0.3 is 5.97 Å². The van der Waals surface area contributed by atoms with Gasteiger partial charge in [0.15, 0.2) is 5.13 Å². The topological polar surface area (TPSA) is 90.9 Å². The van der Waals surface area contributed by atoms with Crippen molar-refractivity contribution in [3.63, 3.8) is 0 Å². The molecule has 0 radical (unpaired) electrons. The molecule has 2 aromatic heterocycles. The van der Waals surface area contributed by atoms with Crippen LogP contribution < -0.4 is 5.32 Å². The maximum atomic E-state index is 10.4. The Morgan fingerprint density at radius 1 is 1.59 bits per heavy atom. The van der Waals surface area contributed by atoms with E-state index in [1.807, 2.05) is 11.6 Å². The van der Waals surface area contributed by atoms with Crippen molar-refractivity contribution in [1.29, 1.82) is 0 Å². The fourth-order valence-corrected chi connectivity index (χ4v) is 2.03.